The van der Waals surface area contributed by atoms with Gasteiger partial charge < -0.3 is 4.98 Å². The van der Waals surface area contributed by atoms with Crippen molar-refractivity contribution in [1.29, 1.82) is 0 Å². The highest BCUT2D eigenvalue weighted by Gasteiger charge is 2.25. The highest BCUT2D eigenvalue weighted by atomic mass is 32.2. The summed E-state index contributed by atoms with van der Waals surface area (Å²) in [6, 6.07) is 14.1. The van der Waals surface area contributed by atoms with E-state index in [-0.39, 0.29) is 5.78 Å². The summed E-state index contributed by atoms with van der Waals surface area (Å²) in [4.78, 5) is 17.7. The van der Waals surface area contributed by atoms with Gasteiger partial charge in [-0.3, -0.25) is 4.79 Å². The van der Waals surface area contributed by atoms with Crippen LogP contribution in [0.4, 0.5) is 0 Å². The third-order valence-corrected chi connectivity index (χ3v) is 5.18. The number of fused-ring (bicyclic) bond motifs is 2. The molecule has 3 aromatic rings. The third-order valence-electron chi connectivity index (χ3n) is 4.08. The monoisotopic (exact) mass is 305 g/mol. The SMILES string of the molecule is CCc1cccc2c(C=C3Sc4ccccc4C3=O)c[nH]c12. The lowest BCUT2D eigenvalue weighted by atomic mass is 10.1. The number of carbonyl (C=O) groups is 1. The predicted molar refractivity (Wildman–Crippen MR) is 92.3 cm³/mol. The Bertz CT molecular complexity index is 920. The van der Waals surface area contributed by atoms with E-state index in [1.54, 1.807) is 11.8 Å². The van der Waals surface area contributed by atoms with E-state index in [0.717, 1.165) is 27.3 Å². The van der Waals surface area contributed by atoms with Crippen LogP contribution in [0.25, 0.3) is 17.0 Å². The van der Waals surface area contributed by atoms with Gasteiger partial charge in [0.1, 0.15) is 0 Å². The summed E-state index contributed by atoms with van der Waals surface area (Å²) < 4.78 is 0. The number of hydrogen-bond acceptors (Lipinski definition) is 2. The van der Waals surface area contributed by atoms with Gasteiger partial charge in [-0.05, 0) is 30.2 Å². The van der Waals surface area contributed by atoms with Crippen LogP contribution in [0.5, 0.6) is 0 Å². The number of benzene rings is 2. The molecule has 0 unspecified atom stereocenters. The van der Waals surface area contributed by atoms with E-state index < -0.39 is 0 Å². The number of thioether (sulfide) groups is 1. The Hall–Kier alpha value is -2.26. The van der Waals surface area contributed by atoms with Gasteiger partial charge in [0, 0.05) is 33.1 Å². The zero-order valence-corrected chi connectivity index (χ0v) is 13.0. The number of Topliss-reactive ketones (excluding diaryl/α,β-unsaturated/α-hetero) is 1. The zero-order chi connectivity index (χ0) is 15.1. The second-order valence-electron chi connectivity index (χ2n) is 5.37. The Balaban J connectivity index is 1.81. The van der Waals surface area contributed by atoms with Crippen LogP contribution in [0.15, 0.2) is 58.5 Å². The minimum absolute atomic E-state index is 0.126. The van der Waals surface area contributed by atoms with E-state index in [1.165, 1.54) is 16.5 Å². The van der Waals surface area contributed by atoms with E-state index in [4.69, 9.17) is 0 Å². The van der Waals surface area contributed by atoms with Crippen LogP contribution in [0, 0.1) is 0 Å². The van der Waals surface area contributed by atoms with Gasteiger partial charge in [-0.2, -0.15) is 0 Å². The molecule has 1 aliphatic rings. The summed E-state index contributed by atoms with van der Waals surface area (Å²) in [6.07, 6.45) is 4.99. The Morgan fingerprint density at radius 3 is 2.82 bits per heavy atom. The molecule has 4 rings (SSSR count). The van der Waals surface area contributed by atoms with Gasteiger partial charge in [-0.15, -0.1) is 0 Å². The van der Waals surface area contributed by atoms with Gasteiger partial charge in [-0.1, -0.05) is 49.0 Å². The number of nitrogens with one attached hydrogen (secondary N) is 1. The number of allylic oxidation sites excluding steroid dienone is 1. The summed E-state index contributed by atoms with van der Waals surface area (Å²) in [5.41, 5.74) is 4.36. The Kier molecular flexibility index (Phi) is 3.16. The van der Waals surface area contributed by atoms with E-state index in [9.17, 15) is 4.79 Å². The number of aromatic nitrogens is 1. The normalized spacial score (nSPS) is 15.7. The first-order valence-corrected chi connectivity index (χ1v) is 8.22. The molecular weight excluding hydrogens is 290 g/mol. The van der Waals surface area contributed by atoms with Crippen LogP contribution in [-0.4, -0.2) is 10.8 Å². The molecule has 2 aromatic carbocycles. The first-order chi connectivity index (χ1) is 10.8. The fourth-order valence-corrected chi connectivity index (χ4v) is 3.97. The van der Waals surface area contributed by atoms with Crippen molar-refractivity contribution in [3.63, 3.8) is 0 Å². The standard InChI is InChI=1S/C19H15NOS/c1-2-12-6-5-8-14-13(11-20-18(12)14)10-17-19(21)15-7-3-4-9-16(15)22-17/h3-11,20H,2H2,1H3. The van der Waals surface area contributed by atoms with Crippen molar-refractivity contribution < 1.29 is 4.79 Å². The summed E-state index contributed by atoms with van der Waals surface area (Å²) in [5, 5.41) is 1.18. The molecule has 0 amide bonds. The lowest BCUT2D eigenvalue weighted by Gasteiger charge is -1.99. The minimum atomic E-state index is 0.126. The molecule has 0 spiro atoms. The quantitative estimate of drug-likeness (QED) is 0.671. The molecule has 0 saturated heterocycles. The molecule has 0 aliphatic carbocycles. The molecule has 1 aliphatic heterocycles. The van der Waals surface area contributed by atoms with Gasteiger partial charge in [0.2, 0.25) is 5.78 Å². The number of hydrogen-bond donors (Lipinski definition) is 1. The second kappa shape index (κ2) is 5.18. The predicted octanol–water partition coefficient (Wildman–Crippen LogP) is 5.06. The van der Waals surface area contributed by atoms with Gasteiger partial charge >= 0.3 is 0 Å². The van der Waals surface area contributed by atoms with Gasteiger partial charge in [0.25, 0.3) is 0 Å². The minimum Gasteiger partial charge on any atom is -0.360 e. The number of H-pyrrole nitrogens is 1. The van der Waals surface area contributed by atoms with Crippen molar-refractivity contribution >= 4 is 34.5 Å². The molecule has 2 heterocycles. The molecule has 2 nitrogen and oxygen atoms in total. The average molecular weight is 305 g/mol. The number of rotatable bonds is 2. The maximum atomic E-state index is 12.5. The maximum absolute atomic E-state index is 12.5. The van der Waals surface area contributed by atoms with Crippen molar-refractivity contribution in [2.75, 3.05) is 0 Å². The number of para-hydroxylation sites is 1. The summed E-state index contributed by atoms with van der Waals surface area (Å²) in [6.45, 7) is 2.15. The fraction of sp³-hybridized carbons (Fsp3) is 0.105. The van der Waals surface area contributed by atoms with E-state index in [0.29, 0.717) is 0 Å². The summed E-state index contributed by atoms with van der Waals surface area (Å²) in [7, 11) is 0. The van der Waals surface area contributed by atoms with Crippen LogP contribution in [0.3, 0.4) is 0 Å². The van der Waals surface area contributed by atoms with Gasteiger partial charge in [0.05, 0.1) is 4.91 Å². The second-order valence-corrected chi connectivity index (χ2v) is 6.46. The highest BCUT2D eigenvalue weighted by molar-refractivity contribution is 8.04. The van der Waals surface area contributed by atoms with Crippen LogP contribution in [0.1, 0.15) is 28.4 Å². The molecular formula is C19H15NOS. The van der Waals surface area contributed by atoms with Crippen LogP contribution in [0.2, 0.25) is 0 Å². The molecule has 108 valence electrons. The van der Waals surface area contributed by atoms with E-state index >= 15 is 0 Å². The molecule has 1 N–H and O–H groups in total. The largest absolute Gasteiger partial charge is 0.360 e. The Morgan fingerprint density at radius 2 is 2.00 bits per heavy atom. The highest BCUT2D eigenvalue weighted by Crippen LogP contribution is 2.41. The lowest BCUT2D eigenvalue weighted by molar-refractivity contribution is 0.104. The van der Waals surface area contributed by atoms with Crippen LogP contribution >= 0.6 is 11.8 Å². The maximum Gasteiger partial charge on any atom is 0.200 e. The summed E-state index contributed by atoms with van der Waals surface area (Å²) in [5.74, 6) is 0.126. The first-order valence-electron chi connectivity index (χ1n) is 7.40. The van der Waals surface area contributed by atoms with Crippen LogP contribution < -0.4 is 0 Å². The van der Waals surface area contributed by atoms with E-state index in [1.807, 2.05) is 36.5 Å². The van der Waals surface area contributed by atoms with Crippen molar-refractivity contribution in [2.24, 2.45) is 0 Å². The average Bonchev–Trinajstić information content (AvgIpc) is 3.10. The molecule has 0 atom stereocenters. The Labute approximate surface area is 133 Å². The smallest absolute Gasteiger partial charge is 0.200 e. The lowest BCUT2D eigenvalue weighted by Crippen LogP contribution is -1.93. The van der Waals surface area contributed by atoms with Crippen molar-refractivity contribution in [2.45, 2.75) is 18.2 Å². The fourth-order valence-electron chi connectivity index (χ4n) is 2.93. The molecule has 1 aromatic heterocycles. The molecule has 0 radical (unpaired) electrons. The van der Waals surface area contributed by atoms with Gasteiger partial charge in [-0.25, -0.2) is 0 Å². The molecule has 0 saturated carbocycles. The topological polar surface area (TPSA) is 32.9 Å². The summed E-state index contributed by atoms with van der Waals surface area (Å²) >= 11 is 1.56. The van der Waals surface area contributed by atoms with E-state index in [2.05, 4.69) is 30.1 Å². The van der Waals surface area contributed by atoms with Crippen molar-refractivity contribution in [1.82, 2.24) is 4.98 Å². The molecule has 0 bridgehead atoms. The van der Waals surface area contributed by atoms with Crippen molar-refractivity contribution in [3.05, 3.63) is 70.3 Å². The van der Waals surface area contributed by atoms with Crippen LogP contribution in [-0.2, 0) is 6.42 Å². The van der Waals surface area contributed by atoms with Crippen molar-refractivity contribution in [3.8, 4) is 0 Å². The third kappa shape index (κ3) is 2.01. The number of aryl methyl sites for hydroxylation is 1. The molecule has 3 heteroatoms. The first kappa shape index (κ1) is 13.4. The van der Waals surface area contributed by atoms with Gasteiger partial charge in [0.15, 0.2) is 0 Å². The Morgan fingerprint density at radius 1 is 1.14 bits per heavy atom. The zero-order valence-electron chi connectivity index (χ0n) is 12.2. The number of ketones is 1. The molecule has 0 fully saturated rings. The number of carbonyl (C=O) groups excluding carboxylic acids is 1. The molecule has 22 heavy (non-hydrogen) atoms. The number of aromatic amines is 1.